The number of carbonyl (C=O) groups is 4. The molecule has 0 aliphatic heterocycles. The molecule has 0 saturated carbocycles. The van der Waals surface area contributed by atoms with E-state index in [1.807, 2.05) is 5.32 Å². The molecular weight excluding hydrogens is 342 g/mol. The number of ether oxygens (including phenoxy) is 1. The molecule has 0 aliphatic carbocycles. The molecule has 3 N–H and O–H groups in total. The summed E-state index contributed by atoms with van der Waals surface area (Å²) in [7, 11) is 0. The Bertz CT molecular complexity index is 486. The molecule has 0 rings (SSSR count). The number of carbonyl (C=O) groups excluding carboxylic acids is 2. The van der Waals surface area contributed by atoms with Crippen molar-refractivity contribution in [2.45, 2.75) is 52.0 Å². The van der Waals surface area contributed by atoms with Gasteiger partial charge in [0.15, 0.2) is 0 Å². The fourth-order valence-electron chi connectivity index (χ4n) is 1.67. The van der Waals surface area contributed by atoms with Gasteiger partial charge in [-0.05, 0) is 18.4 Å². The van der Waals surface area contributed by atoms with E-state index in [-0.39, 0.29) is 5.97 Å². The summed E-state index contributed by atoms with van der Waals surface area (Å²) >= 11 is 0. The van der Waals surface area contributed by atoms with E-state index in [0.29, 0.717) is 6.61 Å². The fourth-order valence-corrected chi connectivity index (χ4v) is 1.67. The summed E-state index contributed by atoms with van der Waals surface area (Å²) < 4.78 is 4.84. The molecule has 0 aromatic carbocycles. The first-order valence-corrected chi connectivity index (χ1v) is 8.30. The maximum absolute atomic E-state index is 10.6. The van der Waals surface area contributed by atoms with Crippen LogP contribution in [0.5, 0.6) is 0 Å². The second kappa shape index (κ2) is 15.9. The molecule has 8 nitrogen and oxygen atoms in total. The summed E-state index contributed by atoms with van der Waals surface area (Å²) in [6, 6.07) is -1.41. The Morgan fingerprint density at radius 1 is 1.04 bits per heavy atom. The molecule has 0 radical (unpaired) electrons. The second-order valence-corrected chi connectivity index (χ2v) is 5.82. The van der Waals surface area contributed by atoms with Gasteiger partial charge in [-0.3, -0.25) is 9.59 Å². The Kier molecular flexibility index (Phi) is 15.6. The third kappa shape index (κ3) is 17.7. The van der Waals surface area contributed by atoms with Crippen LogP contribution in [-0.2, 0) is 23.9 Å². The summed E-state index contributed by atoms with van der Waals surface area (Å²) in [4.78, 5) is 41.8. The number of esters is 1. The van der Waals surface area contributed by atoms with E-state index in [0.717, 1.165) is 24.8 Å². The van der Waals surface area contributed by atoms with Crippen molar-refractivity contribution in [2.75, 3.05) is 6.61 Å². The smallest absolute Gasteiger partial charge is 0.330 e. The average Bonchev–Trinajstić information content (AvgIpc) is 2.56. The third-order valence-corrected chi connectivity index (χ3v) is 3.02. The van der Waals surface area contributed by atoms with Gasteiger partial charge in [-0.25, -0.2) is 9.59 Å². The number of aliphatic carboxylic acids is 2. The number of hydrogen-bond donors (Lipinski definition) is 3. The first-order valence-electron chi connectivity index (χ1n) is 8.30. The van der Waals surface area contributed by atoms with Crippen molar-refractivity contribution >= 4 is 23.8 Å². The minimum atomic E-state index is -1.41. The van der Waals surface area contributed by atoms with Crippen molar-refractivity contribution in [1.82, 2.24) is 5.32 Å². The monoisotopic (exact) mass is 371 g/mol. The highest BCUT2D eigenvalue weighted by Gasteiger charge is 2.21. The van der Waals surface area contributed by atoms with Crippen molar-refractivity contribution in [1.29, 1.82) is 0 Å². The van der Waals surface area contributed by atoms with Gasteiger partial charge >= 0.3 is 17.9 Å². The van der Waals surface area contributed by atoms with Gasteiger partial charge in [-0.2, -0.15) is 0 Å². The number of carboxylic acids is 2. The molecule has 8 heteroatoms. The number of hydrogen-bond acceptors (Lipinski definition) is 5. The second-order valence-electron chi connectivity index (χ2n) is 5.82. The fraction of sp³-hybridized carbons (Fsp3) is 0.556. The quantitative estimate of drug-likeness (QED) is 0.272. The topological polar surface area (TPSA) is 130 Å². The molecule has 0 heterocycles. The van der Waals surface area contributed by atoms with E-state index in [1.165, 1.54) is 18.9 Å². The minimum absolute atomic E-state index is 0.316. The molecule has 1 atom stereocenters. The lowest BCUT2D eigenvalue weighted by molar-refractivity contribution is -0.146. The summed E-state index contributed by atoms with van der Waals surface area (Å²) in [5, 5.41) is 18.7. The van der Waals surface area contributed by atoms with E-state index in [2.05, 4.69) is 27.0 Å². The zero-order chi connectivity index (χ0) is 20.5. The van der Waals surface area contributed by atoms with Crippen LogP contribution in [0, 0.1) is 5.92 Å². The number of carboxylic acid groups (broad SMARTS) is 2. The van der Waals surface area contributed by atoms with Crippen molar-refractivity contribution in [3.05, 3.63) is 25.3 Å². The average molecular weight is 371 g/mol. The molecule has 0 spiro atoms. The molecule has 0 saturated heterocycles. The molecule has 26 heavy (non-hydrogen) atoms. The first kappa shape index (κ1) is 25.6. The molecular formula is C18H29NO7. The lowest BCUT2D eigenvalue weighted by Crippen LogP contribution is -2.41. The predicted octanol–water partition coefficient (Wildman–Crippen LogP) is 2.15. The molecule has 148 valence electrons. The van der Waals surface area contributed by atoms with Gasteiger partial charge in [-0.15, -0.1) is 0 Å². The van der Waals surface area contributed by atoms with Crippen LogP contribution >= 0.6 is 0 Å². The molecule has 0 aliphatic rings. The SMILES string of the molecule is C=CC(=O)N[C@@H](CC(=O)O)C(=O)O.C=CC(=O)OCCCCCC(C)C. The van der Waals surface area contributed by atoms with Crippen LogP contribution in [0.1, 0.15) is 46.0 Å². The maximum atomic E-state index is 10.6. The highest BCUT2D eigenvalue weighted by Crippen LogP contribution is 2.07. The lowest BCUT2D eigenvalue weighted by Gasteiger charge is -2.09. The lowest BCUT2D eigenvalue weighted by atomic mass is 10.1. The van der Waals surface area contributed by atoms with Crippen molar-refractivity contribution in [3.63, 3.8) is 0 Å². The first-order chi connectivity index (χ1) is 12.1. The van der Waals surface area contributed by atoms with Gasteiger partial charge in [0.05, 0.1) is 13.0 Å². The molecule has 0 bridgehead atoms. The number of unbranched alkanes of at least 4 members (excludes halogenated alkanes) is 2. The minimum Gasteiger partial charge on any atom is -0.481 e. The molecule has 1 amide bonds. The van der Waals surface area contributed by atoms with Crippen molar-refractivity contribution < 1.29 is 34.1 Å². The van der Waals surface area contributed by atoms with Crippen LogP contribution in [0.15, 0.2) is 25.3 Å². The molecule has 0 aromatic heterocycles. The van der Waals surface area contributed by atoms with E-state index in [9.17, 15) is 19.2 Å². The van der Waals surface area contributed by atoms with Crippen LogP contribution in [0.25, 0.3) is 0 Å². The van der Waals surface area contributed by atoms with Crippen LogP contribution in [0.4, 0.5) is 0 Å². The van der Waals surface area contributed by atoms with Crippen LogP contribution in [0.3, 0.4) is 0 Å². The summed E-state index contributed by atoms with van der Waals surface area (Å²) in [5.41, 5.74) is 0. The van der Waals surface area contributed by atoms with E-state index in [4.69, 9.17) is 14.9 Å². The number of nitrogens with one attached hydrogen (secondary N) is 1. The predicted molar refractivity (Wildman–Crippen MR) is 96.5 cm³/mol. The van der Waals surface area contributed by atoms with Gasteiger partial charge in [0.2, 0.25) is 5.91 Å². The zero-order valence-electron chi connectivity index (χ0n) is 15.4. The van der Waals surface area contributed by atoms with Crippen LogP contribution in [-0.4, -0.2) is 46.7 Å². The van der Waals surface area contributed by atoms with Crippen LogP contribution in [0.2, 0.25) is 0 Å². The van der Waals surface area contributed by atoms with Crippen LogP contribution < -0.4 is 5.32 Å². The zero-order valence-corrected chi connectivity index (χ0v) is 15.4. The van der Waals surface area contributed by atoms with Gasteiger partial charge < -0.3 is 20.3 Å². The van der Waals surface area contributed by atoms with Crippen molar-refractivity contribution in [2.24, 2.45) is 5.92 Å². The Morgan fingerprint density at radius 3 is 2.08 bits per heavy atom. The van der Waals surface area contributed by atoms with Crippen molar-refractivity contribution in [3.8, 4) is 0 Å². The maximum Gasteiger partial charge on any atom is 0.330 e. The molecule has 0 aromatic rings. The highest BCUT2D eigenvalue weighted by molar-refractivity contribution is 5.92. The van der Waals surface area contributed by atoms with Gasteiger partial charge in [0.1, 0.15) is 6.04 Å². The Morgan fingerprint density at radius 2 is 1.65 bits per heavy atom. The summed E-state index contributed by atoms with van der Waals surface area (Å²) in [5.74, 6) is -2.94. The van der Waals surface area contributed by atoms with E-state index >= 15 is 0 Å². The largest absolute Gasteiger partial charge is 0.481 e. The molecule has 0 unspecified atom stereocenters. The standard InChI is InChI=1S/C11H20O2.C7H9NO5/c1-4-11(12)13-9-7-5-6-8-10(2)3;1-2-5(9)8-4(7(12)13)3-6(10)11/h4,10H,1,5-9H2,2-3H3;2,4H,1,3H2,(H,8,9)(H,10,11)(H,12,13)/t;4-/m.0/s1. The van der Waals surface area contributed by atoms with Gasteiger partial charge in [0, 0.05) is 6.08 Å². The summed E-state index contributed by atoms with van der Waals surface area (Å²) in [6.07, 6.45) is 6.01. The summed E-state index contributed by atoms with van der Waals surface area (Å²) in [6.45, 7) is 11.4. The van der Waals surface area contributed by atoms with Gasteiger partial charge in [-0.1, -0.05) is 46.3 Å². The van der Waals surface area contributed by atoms with Gasteiger partial charge in [0.25, 0.3) is 0 Å². The highest BCUT2D eigenvalue weighted by atomic mass is 16.5. The number of rotatable bonds is 12. The Balaban J connectivity index is 0. The Labute approximate surface area is 153 Å². The third-order valence-electron chi connectivity index (χ3n) is 3.02. The normalized spacial score (nSPS) is 10.7. The van der Waals surface area contributed by atoms with E-state index in [1.54, 1.807) is 0 Å². The molecule has 0 fully saturated rings. The number of amides is 1. The van der Waals surface area contributed by atoms with E-state index < -0.39 is 30.3 Å². The Hall–Kier alpha value is -2.64.